The van der Waals surface area contributed by atoms with Crippen LogP contribution in [0.3, 0.4) is 0 Å². The Labute approximate surface area is 132 Å². The predicted octanol–water partition coefficient (Wildman–Crippen LogP) is 1.30. The third-order valence-corrected chi connectivity index (χ3v) is 3.94. The number of hydrogen-bond acceptors (Lipinski definition) is 5. The highest BCUT2D eigenvalue weighted by Gasteiger charge is 2.30. The van der Waals surface area contributed by atoms with Crippen molar-refractivity contribution in [1.82, 2.24) is 29.5 Å². The predicted molar refractivity (Wildman–Crippen MR) is 82.3 cm³/mol. The van der Waals surface area contributed by atoms with E-state index in [4.69, 9.17) is 0 Å². The second-order valence-electron chi connectivity index (χ2n) is 5.44. The Bertz CT molecular complexity index is 839. The third kappa shape index (κ3) is 2.28. The summed E-state index contributed by atoms with van der Waals surface area (Å²) < 4.78 is 3.41. The lowest BCUT2D eigenvalue weighted by Crippen LogP contribution is -2.44. The molecule has 0 fully saturated rings. The molecule has 1 aliphatic heterocycles. The molecule has 23 heavy (non-hydrogen) atoms. The van der Waals surface area contributed by atoms with Crippen LogP contribution in [0.5, 0.6) is 0 Å². The summed E-state index contributed by atoms with van der Waals surface area (Å²) >= 11 is 0. The Kier molecular flexibility index (Phi) is 3.14. The molecule has 0 aromatic carbocycles. The zero-order valence-corrected chi connectivity index (χ0v) is 12.6. The van der Waals surface area contributed by atoms with Gasteiger partial charge in [0.05, 0.1) is 18.6 Å². The van der Waals surface area contributed by atoms with Crippen molar-refractivity contribution in [3.05, 3.63) is 48.8 Å². The maximum Gasteiger partial charge on any atom is 0.279 e. The van der Waals surface area contributed by atoms with E-state index in [9.17, 15) is 4.79 Å². The van der Waals surface area contributed by atoms with Crippen LogP contribution in [0.4, 0.5) is 5.82 Å². The Morgan fingerprint density at radius 2 is 2.17 bits per heavy atom. The fraction of sp³-hybridized carbons (Fsp3) is 0.267. The number of hydrogen-bond donors (Lipinski definition) is 0. The van der Waals surface area contributed by atoms with Crippen molar-refractivity contribution in [3.63, 3.8) is 0 Å². The number of aryl methyl sites for hydroxylation is 1. The van der Waals surface area contributed by atoms with Gasteiger partial charge >= 0.3 is 0 Å². The van der Waals surface area contributed by atoms with Gasteiger partial charge in [-0.15, -0.1) is 0 Å². The van der Waals surface area contributed by atoms with E-state index in [0.717, 1.165) is 18.8 Å². The number of aromatic nitrogens is 6. The first-order valence-corrected chi connectivity index (χ1v) is 7.41. The molecule has 1 amide bonds. The first kappa shape index (κ1) is 13.6. The van der Waals surface area contributed by atoms with E-state index < -0.39 is 0 Å². The average molecular weight is 309 g/mol. The Morgan fingerprint density at radius 1 is 1.26 bits per heavy atom. The molecule has 3 aromatic rings. The maximum atomic E-state index is 12.9. The molecule has 4 rings (SSSR count). The second kappa shape index (κ2) is 5.31. The summed E-state index contributed by atoms with van der Waals surface area (Å²) in [7, 11) is 0. The third-order valence-electron chi connectivity index (χ3n) is 3.94. The van der Waals surface area contributed by atoms with Crippen LogP contribution in [0.15, 0.2) is 43.1 Å². The molecule has 0 bridgehead atoms. The van der Waals surface area contributed by atoms with Gasteiger partial charge in [0, 0.05) is 31.0 Å². The molecule has 1 atom stereocenters. The number of nitrogens with zero attached hydrogens (tertiary/aromatic N) is 7. The molecule has 8 heteroatoms. The van der Waals surface area contributed by atoms with Crippen LogP contribution in [0.25, 0.3) is 5.82 Å². The molecule has 0 N–H and O–H groups in total. The Morgan fingerprint density at radius 3 is 3.00 bits per heavy atom. The van der Waals surface area contributed by atoms with Crippen molar-refractivity contribution in [3.8, 4) is 5.82 Å². The van der Waals surface area contributed by atoms with Crippen molar-refractivity contribution in [2.75, 3.05) is 4.90 Å². The van der Waals surface area contributed by atoms with Crippen LogP contribution in [-0.4, -0.2) is 41.5 Å². The van der Waals surface area contributed by atoms with Crippen molar-refractivity contribution in [1.29, 1.82) is 0 Å². The van der Waals surface area contributed by atoms with E-state index in [1.807, 2.05) is 17.7 Å². The number of rotatable bonds is 2. The minimum atomic E-state index is -0.180. The molecule has 0 aliphatic carbocycles. The summed E-state index contributed by atoms with van der Waals surface area (Å²) in [5, 5.41) is 8.37. The molecular formula is C15H15N7O. The van der Waals surface area contributed by atoms with Gasteiger partial charge in [0.15, 0.2) is 5.82 Å². The zero-order valence-electron chi connectivity index (χ0n) is 12.6. The monoisotopic (exact) mass is 309 g/mol. The van der Waals surface area contributed by atoms with Crippen molar-refractivity contribution >= 4 is 11.7 Å². The summed E-state index contributed by atoms with van der Waals surface area (Å²) in [4.78, 5) is 23.2. The first-order valence-electron chi connectivity index (χ1n) is 7.41. The summed E-state index contributed by atoms with van der Waals surface area (Å²) in [6, 6.07) is 3.72. The molecule has 0 saturated heterocycles. The fourth-order valence-electron chi connectivity index (χ4n) is 2.77. The summed E-state index contributed by atoms with van der Waals surface area (Å²) in [6.45, 7) is 2.84. The van der Waals surface area contributed by atoms with E-state index >= 15 is 0 Å². The summed E-state index contributed by atoms with van der Waals surface area (Å²) in [5.74, 6) is 1.12. The lowest BCUT2D eigenvalue weighted by atomic mass is 10.1. The Balaban J connectivity index is 1.72. The molecule has 0 radical (unpaired) electrons. The largest absolute Gasteiger partial charge is 0.289 e. The molecule has 4 heterocycles. The van der Waals surface area contributed by atoms with Gasteiger partial charge in [-0.05, 0) is 19.4 Å². The highest BCUT2D eigenvalue weighted by Crippen LogP contribution is 2.25. The van der Waals surface area contributed by atoms with Crippen LogP contribution in [0.1, 0.15) is 23.8 Å². The zero-order chi connectivity index (χ0) is 15.8. The second-order valence-corrected chi connectivity index (χ2v) is 5.44. The quantitative estimate of drug-likeness (QED) is 0.712. The van der Waals surface area contributed by atoms with Gasteiger partial charge in [-0.2, -0.15) is 10.2 Å². The molecule has 8 nitrogen and oxygen atoms in total. The Hall–Kier alpha value is -3.03. The van der Waals surface area contributed by atoms with Crippen LogP contribution >= 0.6 is 0 Å². The van der Waals surface area contributed by atoms with Gasteiger partial charge in [-0.3, -0.25) is 14.7 Å². The smallest absolute Gasteiger partial charge is 0.279 e. The highest BCUT2D eigenvalue weighted by molar-refractivity contribution is 6.04. The van der Waals surface area contributed by atoms with Crippen LogP contribution in [-0.2, 0) is 6.54 Å². The van der Waals surface area contributed by atoms with Gasteiger partial charge in [0.25, 0.3) is 5.91 Å². The minimum Gasteiger partial charge on any atom is -0.289 e. The number of amides is 1. The lowest BCUT2D eigenvalue weighted by Gasteiger charge is -2.33. The van der Waals surface area contributed by atoms with Gasteiger partial charge in [-0.25, -0.2) is 14.3 Å². The van der Waals surface area contributed by atoms with Crippen LogP contribution in [0, 0.1) is 0 Å². The van der Waals surface area contributed by atoms with E-state index in [0.29, 0.717) is 11.5 Å². The van der Waals surface area contributed by atoms with Crippen molar-refractivity contribution < 1.29 is 4.79 Å². The molecule has 0 spiro atoms. The molecule has 0 saturated carbocycles. The fourth-order valence-corrected chi connectivity index (χ4v) is 2.77. The van der Waals surface area contributed by atoms with Gasteiger partial charge in [-0.1, -0.05) is 0 Å². The molecular weight excluding hydrogens is 294 g/mol. The normalized spacial score (nSPS) is 17.1. The standard InChI is InChI=1S/C15H15N7O/c1-11-4-8-21-14(3-6-18-21)22(11)15(23)12-9-16-10-13(19-12)20-7-2-5-17-20/h2-3,5-7,9-11H,4,8H2,1H3. The lowest BCUT2D eigenvalue weighted by molar-refractivity contribution is 0.0964. The summed E-state index contributed by atoms with van der Waals surface area (Å²) in [5.41, 5.74) is 0.291. The number of carbonyl (C=O) groups excluding carboxylic acids is 1. The van der Waals surface area contributed by atoms with E-state index in [2.05, 4.69) is 20.2 Å². The first-order chi connectivity index (χ1) is 11.2. The van der Waals surface area contributed by atoms with Crippen LogP contribution in [0.2, 0.25) is 0 Å². The van der Waals surface area contributed by atoms with Gasteiger partial charge in [0.2, 0.25) is 0 Å². The van der Waals surface area contributed by atoms with Crippen LogP contribution < -0.4 is 4.90 Å². The molecule has 1 aliphatic rings. The molecule has 3 aromatic heterocycles. The van der Waals surface area contributed by atoms with E-state index in [-0.39, 0.29) is 11.9 Å². The topological polar surface area (TPSA) is 81.7 Å². The average Bonchev–Trinajstić information content (AvgIpc) is 3.26. The number of carbonyl (C=O) groups is 1. The van der Waals surface area contributed by atoms with Crippen molar-refractivity contribution in [2.24, 2.45) is 0 Å². The van der Waals surface area contributed by atoms with Gasteiger partial charge in [0.1, 0.15) is 11.5 Å². The van der Waals surface area contributed by atoms with E-state index in [1.54, 1.807) is 40.4 Å². The van der Waals surface area contributed by atoms with Crippen molar-refractivity contribution in [2.45, 2.75) is 25.9 Å². The molecule has 1 unspecified atom stereocenters. The summed E-state index contributed by atoms with van der Waals surface area (Å²) in [6.07, 6.45) is 9.04. The minimum absolute atomic E-state index is 0.0851. The molecule has 116 valence electrons. The van der Waals surface area contributed by atoms with E-state index in [1.165, 1.54) is 6.20 Å². The SMILES string of the molecule is CC1CCn2nccc2N1C(=O)c1cncc(-n2cccn2)n1. The number of fused-ring (bicyclic) bond motifs is 1. The maximum absolute atomic E-state index is 12.9. The van der Waals surface area contributed by atoms with Gasteiger partial charge < -0.3 is 0 Å². The number of anilines is 1. The highest BCUT2D eigenvalue weighted by atomic mass is 16.2.